The van der Waals surface area contributed by atoms with Crippen LogP contribution < -0.4 is 0 Å². The number of hydrogen-bond acceptors (Lipinski definition) is 3. The molecule has 0 aliphatic carbocycles. The van der Waals surface area contributed by atoms with Gasteiger partial charge < -0.3 is 4.84 Å². The summed E-state index contributed by atoms with van der Waals surface area (Å²) in [6.45, 7) is 4.10. The third-order valence-corrected chi connectivity index (χ3v) is 2.14. The first-order chi connectivity index (χ1) is 6.27. The van der Waals surface area contributed by atoms with E-state index < -0.39 is 0 Å². The lowest BCUT2D eigenvalue weighted by Gasteiger charge is -2.03. The zero-order valence-corrected chi connectivity index (χ0v) is 8.38. The van der Waals surface area contributed by atoms with Crippen molar-refractivity contribution in [3.63, 3.8) is 0 Å². The Labute approximate surface area is 79.1 Å². The van der Waals surface area contributed by atoms with Crippen LogP contribution in [-0.4, -0.2) is 17.6 Å². The lowest BCUT2D eigenvalue weighted by atomic mass is 10.0. The fourth-order valence-corrected chi connectivity index (χ4v) is 1.44. The van der Waals surface area contributed by atoms with E-state index in [9.17, 15) is 4.79 Å². The maximum absolute atomic E-state index is 11.4. The Bertz CT molecular complexity index is 211. The number of hydrogen-bond donors (Lipinski definition) is 0. The van der Waals surface area contributed by atoms with Crippen LogP contribution in [0.15, 0.2) is 5.16 Å². The molecule has 3 nitrogen and oxygen atoms in total. The molecular weight excluding hydrogens is 166 g/mol. The Hall–Kier alpha value is -0.860. The molecule has 1 aliphatic heterocycles. The van der Waals surface area contributed by atoms with Crippen molar-refractivity contribution < 1.29 is 9.63 Å². The number of nitrogens with zero attached hydrogens (tertiary/aromatic N) is 1. The Morgan fingerprint density at radius 1 is 1.54 bits per heavy atom. The molecule has 0 amide bonds. The highest BCUT2D eigenvalue weighted by Crippen LogP contribution is 2.16. The fourth-order valence-electron chi connectivity index (χ4n) is 1.44. The Morgan fingerprint density at radius 3 is 2.92 bits per heavy atom. The van der Waals surface area contributed by atoms with Gasteiger partial charge in [-0.05, 0) is 12.8 Å². The van der Waals surface area contributed by atoms with Crippen molar-refractivity contribution in [2.45, 2.75) is 52.1 Å². The molecular formula is C10H17NO2. The average Bonchev–Trinajstić information content (AvgIpc) is 2.54. The molecule has 0 fully saturated rings. The van der Waals surface area contributed by atoms with Gasteiger partial charge in [0.2, 0.25) is 0 Å². The SMILES string of the molecule is CCCC(=O)C1=NOC(CCC)C1. The summed E-state index contributed by atoms with van der Waals surface area (Å²) in [6, 6.07) is 0. The standard InChI is InChI=1S/C10H17NO2/c1-3-5-8-7-9(11-13-8)10(12)6-4-2/h8H,3-7H2,1-2H3. The van der Waals surface area contributed by atoms with Crippen LogP contribution in [0.3, 0.4) is 0 Å². The van der Waals surface area contributed by atoms with E-state index >= 15 is 0 Å². The Morgan fingerprint density at radius 2 is 2.31 bits per heavy atom. The van der Waals surface area contributed by atoms with Crippen molar-refractivity contribution in [2.75, 3.05) is 0 Å². The van der Waals surface area contributed by atoms with E-state index in [1.807, 2.05) is 6.92 Å². The van der Waals surface area contributed by atoms with Crippen molar-refractivity contribution in [3.05, 3.63) is 0 Å². The van der Waals surface area contributed by atoms with Crippen LogP contribution in [0, 0.1) is 0 Å². The Kier molecular flexibility index (Phi) is 3.93. The second-order valence-electron chi connectivity index (χ2n) is 3.43. The van der Waals surface area contributed by atoms with Crippen LogP contribution in [0.1, 0.15) is 46.0 Å². The lowest BCUT2D eigenvalue weighted by molar-refractivity contribution is -0.113. The van der Waals surface area contributed by atoms with Crippen LogP contribution in [0.25, 0.3) is 0 Å². The number of carbonyl (C=O) groups is 1. The maximum Gasteiger partial charge on any atom is 0.180 e. The topological polar surface area (TPSA) is 38.7 Å². The minimum Gasteiger partial charge on any atom is -0.392 e. The van der Waals surface area contributed by atoms with Crippen molar-refractivity contribution in [2.24, 2.45) is 5.16 Å². The first-order valence-corrected chi connectivity index (χ1v) is 5.03. The molecule has 1 rings (SSSR count). The van der Waals surface area contributed by atoms with E-state index in [2.05, 4.69) is 12.1 Å². The van der Waals surface area contributed by atoms with Crippen LogP contribution in [-0.2, 0) is 9.63 Å². The summed E-state index contributed by atoms with van der Waals surface area (Å²) in [4.78, 5) is 16.5. The van der Waals surface area contributed by atoms with Gasteiger partial charge in [-0.2, -0.15) is 0 Å². The molecule has 0 spiro atoms. The summed E-state index contributed by atoms with van der Waals surface area (Å²) in [6.07, 6.45) is 4.42. The van der Waals surface area contributed by atoms with Gasteiger partial charge in [-0.15, -0.1) is 0 Å². The van der Waals surface area contributed by atoms with Gasteiger partial charge in [0, 0.05) is 12.8 Å². The monoisotopic (exact) mass is 183 g/mol. The smallest absolute Gasteiger partial charge is 0.180 e. The molecule has 1 atom stereocenters. The quantitative estimate of drug-likeness (QED) is 0.656. The van der Waals surface area contributed by atoms with Crippen LogP contribution >= 0.6 is 0 Å². The highest BCUT2D eigenvalue weighted by Gasteiger charge is 2.24. The van der Waals surface area contributed by atoms with E-state index in [0.29, 0.717) is 18.6 Å². The molecule has 13 heavy (non-hydrogen) atoms. The lowest BCUT2D eigenvalue weighted by Crippen LogP contribution is -2.14. The van der Waals surface area contributed by atoms with Gasteiger partial charge in [-0.25, -0.2) is 0 Å². The van der Waals surface area contributed by atoms with E-state index in [0.717, 1.165) is 19.3 Å². The fraction of sp³-hybridized carbons (Fsp3) is 0.800. The first-order valence-electron chi connectivity index (χ1n) is 5.03. The summed E-state index contributed by atoms with van der Waals surface area (Å²) in [5.41, 5.74) is 0.639. The number of carbonyl (C=O) groups excluding carboxylic acids is 1. The average molecular weight is 183 g/mol. The van der Waals surface area contributed by atoms with Crippen molar-refractivity contribution >= 4 is 11.5 Å². The summed E-state index contributed by atoms with van der Waals surface area (Å²) in [5, 5.41) is 3.82. The molecule has 0 radical (unpaired) electrons. The van der Waals surface area contributed by atoms with Crippen molar-refractivity contribution in [1.29, 1.82) is 0 Å². The molecule has 1 heterocycles. The number of rotatable bonds is 5. The summed E-state index contributed by atoms with van der Waals surface area (Å²) in [7, 11) is 0. The predicted octanol–water partition coefficient (Wildman–Crippen LogP) is 2.30. The maximum atomic E-state index is 11.4. The molecule has 74 valence electrons. The normalized spacial score (nSPS) is 21.1. The van der Waals surface area contributed by atoms with E-state index in [1.54, 1.807) is 0 Å². The summed E-state index contributed by atoms with van der Waals surface area (Å²) in [5.74, 6) is 0.154. The van der Waals surface area contributed by atoms with Gasteiger partial charge in [0.05, 0.1) is 0 Å². The van der Waals surface area contributed by atoms with Crippen LogP contribution in [0.4, 0.5) is 0 Å². The number of ketones is 1. The van der Waals surface area contributed by atoms with Gasteiger partial charge >= 0.3 is 0 Å². The molecule has 0 aromatic carbocycles. The van der Waals surface area contributed by atoms with Gasteiger partial charge in [-0.3, -0.25) is 4.79 Å². The molecule has 1 aliphatic rings. The van der Waals surface area contributed by atoms with E-state index in [4.69, 9.17) is 4.84 Å². The van der Waals surface area contributed by atoms with Crippen molar-refractivity contribution in [3.8, 4) is 0 Å². The van der Waals surface area contributed by atoms with Gasteiger partial charge in [0.15, 0.2) is 5.78 Å². The second-order valence-corrected chi connectivity index (χ2v) is 3.43. The summed E-state index contributed by atoms with van der Waals surface area (Å²) < 4.78 is 0. The zero-order chi connectivity index (χ0) is 9.68. The summed E-state index contributed by atoms with van der Waals surface area (Å²) >= 11 is 0. The predicted molar refractivity (Wildman–Crippen MR) is 51.7 cm³/mol. The minimum atomic E-state index is 0.154. The highest BCUT2D eigenvalue weighted by atomic mass is 16.6. The van der Waals surface area contributed by atoms with Gasteiger partial charge in [0.1, 0.15) is 11.8 Å². The Balaban J connectivity index is 2.34. The molecule has 0 saturated carbocycles. The van der Waals surface area contributed by atoms with Crippen molar-refractivity contribution in [1.82, 2.24) is 0 Å². The van der Waals surface area contributed by atoms with Crippen LogP contribution in [0.5, 0.6) is 0 Å². The molecule has 0 N–H and O–H groups in total. The first kappa shape index (κ1) is 10.2. The van der Waals surface area contributed by atoms with E-state index in [1.165, 1.54) is 0 Å². The zero-order valence-electron chi connectivity index (χ0n) is 8.38. The molecule has 3 heteroatoms. The molecule has 0 aromatic rings. The van der Waals surface area contributed by atoms with Gasteiger partial charge in [0.25, 0.3) is 0 Å². The molecule has 0 saturated heterocycles. The molecule has 0 aromatic heterocycles. The van der Waals surface area contributed by atoms with E-state index in [-0.39, 0.29) is 11.9 Å². The second kappa shape index (κ2) is 5.00. The number of Topliss-reactive ketones (excluding diaryl/α,β-unsaturated/α-hetero) is 1. The minimum absolute atomic E-state index is 0.154. The highest BCUT2D eigenvalue weighted by molar-refractivity contribution is 6.40. The largest absolute Gasteiger partial charge is 0.392 e. The third kappa shape index (κ3) is 2.83. The number of oxime groups is 1. The molecule has 0 bridgehead atoms. The molecule has 1 unspecified atom stereocenters. The van der Waals surface area contributed by atoms with Gasteiger partial charge in [-0.1, -0.05) is 25.4 Å². The third-order valence-electron chi connectivity index (χ3n) is 2.14. The van der Waals surface area contributed by atoms with Crippen LogP contribution in [0.2, 0.25) is 0 Å².